The number of carbonyl (C=O) groups excluding carboxylic acids is 2. The molecule has 4 rings (SSSR count). The monoisotopic (exact) mass is 497 g/mol. The molecule has 1 N–H and O–H groups in total. The Kier molecular flexibility index (Phi) is 7.00. The minimum Gasteiger partial charge on any atom is -0.462 e. The molecule has 0 aromatic carbocycles. The Balaban J connectivity index is 1.44. The molecule has 1 amide bonds. The van der Waals surface area contributed by atoms with Gasteiger partial charge in [-0.3, -0.25) is 4.79 Å². The van der Waals surface area contributed by atoms with E-state index in [4.69, 9.17) is 20.8 Å². The van der Waals surface area contributed by atoms with E-state index < -0.39 is 0 Å². The number of esters is 1. The summed E-state index contributed by atoms with van der Waals surface area (Å²) in [5.41, 5.74) is 1.52. The molecule has 1 aliphatic rings. The van der Waals surface area contributed by atoms with Crippen LogP contribution in [0.15, 0.2) is 21.8 Å². The number of rotatable bonds is 7. The molecule has 0 bridgehead atoms. The maximum Gasteiger partial charge on any atom is 0.341 e. The zero-order valence-corrected chi connectivity index (χ0v) is 20.1. The van der Waals surface area contributed by atoms with Crippen molar-refractivity contribution in [3.63, 3.8) is 0 Å². The summed E-state index contributed by atoms with van der Waals surface area (Å²) in [5.74, 6) is 0.373. The van der Waals surface area contributed by atoms with E-state index in [0.717, 1.165) is 46.3 Å². The Hall–Kier alpha value is -1.88. The third-order valence-electron chi connectivity index (χ3n) is 4.76. The number of amides is 1. The van der Waals surface area contributed by atoms with E-state index in [9.17, 15) is 9.59 Å². The van der Waals surface area contributed by atoms with Gasteiger partial charge in [0.2, 0.25) is 5.91 Å². The van der Waals surface area contributed by atoms with Gasteiger partial charge in [0.15, 0.2) is 0 Å². The Bertz CT molecular complexity index is 1110. The summed E-state index contributed by atoms with van der Waals surface area (Å²) in [6.45, 7) is 4.26. The van der Waals surface area contributed by atoms with E-state index in [-0.39, 0.29) is 24.2 Å². The van der Waals surface area contributed by atoms with Crippen molar-refractivity contribution in [1.82, 2.24) is 10.2 Å². The van der Waals surface area contributed by atoms with Crippen molar-refractivity contribution in [3.05, 3.63) is 32.5 Å². The van der Waals surface area contributed by atoms with Crippen molar-refractivity contribution in [2.24, 2.45) is 5.92 Å². The lowest BCUT2D eigenvalue weighted by molar-refractivity contribution is -0.113. The summed E-state index contributed by atoms with van der Waals surface area (Å²) in [4.78, 5) is 27.1. The highest BCUT2D eigenvalue weighted by Crippen LogP contribution is 2.40. The van der Waals surface area contributed by atoms with Gasteiger partial charge in [-0.25, -0.2) is 4.79 Å². The second kappa shape index (κ2) is 9.72. The van der Waals surface area contributed by atoms with Crippen molar-refractivity contribution in [3.8, 4) is 10.8 Å². The van der Waals surface area contributed by atoms with Crippen LogP contribution in [0.4, 0.5) is 5.00 Å². The average molecular weight is 498 g/mol. The fourth-order valence-corrected chi connectivity index (χ4v) is 6.29. The first-order valence-electron chi connectivity index (χ1n) is 9.78. The van der Waals surface area contributed by atoms with E-state index >= 15 is 0 Å². The minimum absolute atomic E-state index is 0.0774. The third kappa shape index (κ3) is 5.14. The van der Waals surface area contributed by atoms with Gasteiger partial charge in [0.25, 0.3) is 11.1 Å². The molecule has 31 heavy (non-hydrogen) atoms. The van der Waals surface area contributed by atoms with E-state index in [0.29, 0.717) is 31.9 Å². The smallest absolute Gasteiger partial charge is 0.341 e. The lowest BCUT2D eigenvalue weighted by Crippen LogP contribution is -2.17. The maximum atomic E-state index is 12.6. The van der Waals surface area contributed by atoms with Crippen LogP contribution in [0.1, 0.15) is 41.1 Å². The largest absolute Gasteiger partial charge is 0.462 e. The van der Waals surface area contributed by atoms with Crippen molar-refractivity contribution in [1.29, 1.82) is 0 Å². The van der Waals surface area contributed by atoms with Crippen LogP contribution in [-0.4, -0.2) is 34.4 Å². The fraction of sp³-hybridized carbons (Fsp3) is 0.400. The predicted molar refractivity (Wildman–Crippen MR) is 123 cm³/mol. The Morgan fingerprint density at radius 3 is 2.94 bits per heavy atom. The van der Waals surface area contributed by atoms with Crippen molar-refractivity contribution < 1.29 is 18.7 Å². The first-order chi connectivity index (χ1) is 14.9. The van der Waals surface area contributed by atoms with Gasteiger partial charge >= 0.3 is 5.97 Å². The van der Waals surface area contributed by atoms with Crippen molar-refractivity contribution in [2.75, 3.05) is 17.7 Å². The van der Waals surface area contributed by atoms with Gasteiger partial charge in [-0.2, -0.15) is 0 Å². The molecule has 1 unspecified atom stereocenters. The van der Waals surface area contributed by atoms with E-state index in [1.54, 1.807) is 19.1 Å². The van der Waals surface area contributed by atoms with Crippen LogP contribution in [0.2, 0.25) is 4.34 Å². The van der Waals surface area contributed by atoms with Gasteiger partial charge in [-0.05, 0) is 49.8 Å². The summed E-state index contributed by atoms with van der Waals surface area (Å²) in [5, 5.41) is 11.7. The molecule has 0 aliphatic heterocycles. The van der Waals surface area contributed by atoms with E-state index in [1.807, 2.05) is 0 Å². The highest BCUT2D eigenvalue weighted by Gasteiger charge is 2.29. The van der Waals surface area contributed by atoms with Crippen LogP contribution in [0.3, 0.4) is 0 Å². The highest BCUT2D eigenvalue weighted by molar-refractivity contribution is 7.99. The molecule has 3 aromatic heterocycles. The standard InChI is InChI=1S/C20H20ClN3O4S3/c1-3-27-19(26)16-11-5-4-10(2)8-13(11)31-18(16)22-15(25)9-29-20-24-23-17(28-20)12-6-7-14(21)30-12/h6-7,10H,3-5,8-9H2,1-2H3,(H,22,25). The fourth-order valence-electron chi connectivity index (χ4n) is 3.34. The molecule has 0 radical (unpaired) electrons. The Morgan fingerprint density at radius 1 is 1.35 bits per heavy atom. The topological polar surface area (TPSA) is 94.3 Å². The van der Waals surface area contributed by atoms with Crippen LogP contribution < -0.4 is 5.32 Å². The van der Waals surface area contributed by atoms with Crippen molar-refractivity contribution in [2.45, 2.75) is 38.3 Å². The molecule has 0 saturated carbocycles. The molecule has 3 heterocycles. The number of halogens is 1. The van der Waals surface area contributed by atoms with Crippen LogP contribution in [0.5, 0.6) is 0 Å². The number of ether oxygens (including phenoxy) is 1. The lowest BCUT2D eigenvalue weighted by atomic mass is 9.88. The summed E-state index contributed by atoms with van der Waals surface area (Å²) in [6.07, 6.45) is 2.76. The van der Waals surface area contributed by atoms with Crippen LogP contribution in [0.25, 0.3) is 10.8 Å². The van der Waals surface area contributed by atoms with E-state index in [1.165, 1.54) is 22.7 Å². The van der Waals surface area contributed by atoms with Crippen LogP contribution >= 0.6 is 46.0 Å². The SMILES string of the molecule is CCOC(=O)c1c(NC(=O)CSc2nnc(-c3ccc(Cl)s3)o2)sc2c1CCC(C)C2. The van der Waals surface area contributed by atoms with Gasteiger partial charge < -0.3 is 14.5 Å². The Morgan fingerprint density at radius 2 is 2.19 bits per heavy atom. The van der Waals surface area contributed by atoms with Gasteiger partial charge in [0.1, 0.15) is 5.00 Å². The molecule has 0 saturated heterocycles. The second-order valence-electron chi connectivity index (χ2n) is 7.09. The number of anilines is 1. The molecule has 164 valence electrons. The number of thioether (sulfide) groups is 1. The number of fused-ring (bicyclic) bond motifs is 1. The zero-order valence-electron chi connectivity index (χ0n) is 16.9. The number of nitrogens with zero attached hydrogens (tertiary/aromatic N) is 2. The summed E-state index contributed by atoms with van der Waals surface area (Å²) < 4.78 is 11.5. The predicted octanol–water partition coefficient (Wildman–Crippen LogP) is 5.55. The quantitative estimate of drug-likeness (QED) is 0.338. The third-order valence-corrected chi connectivity index (χ3v) is 7.97. The normalized spacial score (nSPS) is 15.5. The molecule has 11 heteroatoms. The van der Waals surface area contributed by atoms with Gasteiger partial charge in [0, 0.05) is 4.88 Å². The Labute approximate surface area is 196 Å². The molecule has 0 fully saturated rings. The number of aromatic nitrogens is 2. The van der Waals surface area contributed by atoms with Gasteiger partial charge in [-0.15, -0.1) is 32.9 Å². The first-order valence-corrected chi connectivity index (χ1v) is 12.8. The summed E-state index contributed by atoms with van der Waals surface area (Å²) in [6, 6.07) is 3.56. The second-order valence-corrected chi connectivity index (χ2v) is 10.8. The molecular weight excluding hydrogens is 478 g/mol. The molecular formula is C20H20ClN3O4S3. The van der Waals surface area contributed by atoms with Crippen molar-refractivity contribution >= 4 is 62.9 Å². The van der Waals surface area contributed by atoms with Gasteiger partial charge in [-0.1, -0.05) is 30.3 Å². The molecule has 7 nitrogen and oxygen atoms in total. The number of thiophene rings is 2. The number of nitrogens with one attached hydrogen (secondary N) is 1. The molecule has 0 spiro atoms. The van der Waals surface area contributed by atoms with Crippen LogP contribution in [-0.2, 0) is 22.4 Å². The minimum atomic E-state index is -0.381. The van der Waals surface area contributed by atoms with E-state index in [2.05, 4.69) is 22.4 Å². The first kappa shape index (κ1) is 22.3. The molecule has 1 aliphatic carbocycles. The average Bonchev–Trinajstić information content (AvgIpc) is 3.44. The highest BCUT2D eigenvalue weighted by atomic mass is 35.5. The zero-order chi connectivity index (χ0) is 22.0. The van der Waals surface area contributed by atoms with Gasteiger partial charge in [0.05, 0.1) is 27.1 Å². The summed E-state index contributed by atoms with van der Waals surface area (Å²) >= 11 is 9.88. The van der Waals surface area contributed by atoms with Crippen LogP contribution in [0, 0.1) is 5.92 Å². The lowest BCUT2D eigenvalue weighted by Gasteiger charge is -2.18. The number of hydrogen-bond acceptors (Lipinski definition) is 9. The molecule has 1 atom stereocenters. The number of carbonyl (C=O) groups is 2. The number of hydrogen-bond donors (Lipinski definition) is 1. The maximum absolute atomic E-state index is 12.6. The summed E-state index contributed by atoms with van der Waals surface area (Å²) in [7, 11) is 0. The molecule has 3 aromatic rings.